The first-order valence-corrected chi connectivity index (χ1v) is 6.10. The number of nitrogens with one attached hydrogen (secondary N) is 1. The SMILES string of the molecule is CNc1ccc2c(c1)N(C(=O)C(C)CN)C(=O)CO2. The standard InChI is InChI=1S/C13H17N3O3/c1-8(6-14)13(18)16-10-5-9(15-2)3-4-11(10)19-7-12(16)17/h3-5,8,15H,6-7,14H2,1-2H3. The van der Waals surface area contributed by atoms with Crippen LogP contribution < -0.4 is 20.7 Å². The molecular weight excluding hydrogens is 246 g/mol. The normalized spacial score (nSPS) is 15.5. The Morgan fingerprint density at radius 3 is 2.95 bits per heavy atom. The number of nitrogens with zero attached hydrogens (tertiary/aromatic N) is 1. The molecule has 1 aliphatic heterocycles. The number of anilines is 2. The van der Waals surface area contributed by atoms with Crippen molar-refractivity contribution >= 4 is 23.2 Å². The minimum absolute atomic E-state index is 0.130. The molecule has 6 heteroatoms. The van der Waals surface area contributed by atoms with Gasteiger partial charge in [-0.2, -0.15) is 0 Å². The number of amides is 2. The van der Waals surface area contributed by atoms with Gasteiger partial charge in [0.15, 0.2) is 6.61 Å². The number of carbonyl (C=O) groups excluding carboxylic acids is 2. The maximum absolute atomic E-state index is 12.3. The highest BCUT2D eigenvalue weighted by atomic mass is 16.5. The average Bonchev–Trinajstić information content (AvgIpc) is 2.44. The highest BCUT2D eigenvalue weighted by Gasteiger charge is 2.33. The quantitative estimate of drug-likeness (QED) is 0.833. The minimum atomic E-state index is -0.409. The number of hydrogen-bond acceptors (Lipinski definition) is 5. The second-order valence-corrected chi connectivity index (χ2v) is 4.43. The molecule has 0 aliphatic carbocycles. The fourth-order valence-corrected chi connectivity index (χ4v) is 1.87. The zero-order valence-electron chi connectivity index (χ0n) is 11.0. The number of carbonyl (C=O) groups is 2. The Bertz CT molecular complexity index is 516. The molecule has 2 amide bonds. The molecule has 0 radical (unpaired) electrons. The van der Waals surface area contributed by atoms with Gasteiger partial charge >= 0.3 is 0 Å². The van der Waals surface area contributed by atoms with Gasteiger partial charge in [0.05, 0.1) is 5.69 Å². The monoisotopic (exact) mass is 263 g/mol. The van der Waals surface area contributed by atoms with Crippen molar-refractivity contribution in [1.29, 1.82) is 0 Å². The van der Waals surface area contributed by atoms with E-state index in [1.165, 1.54) is 0 Å². The Morgan fingerprint density at radius 2 is 2.32 bits per heavy atom. The third-order valence-electron chi connectivity index (χ3n) is 3.08. The molecule has 1 aromatic carbocycles. The van der Waals surface area contributed by atoms with Crippen LogP contribution in [0.25, 0.3) is 0 Å². The van der Waals surface area contributed by atoms with Gasteiger partial charge in [-0.3, -0.25) is 9.59 Å². The summed E-state index contributed by atoms with van der Waals surface area (Å²) in [7, 11) is 1.77. The predicted molar refractivity (Wildman–Crippen MR) is 72.2 cm³/mol. The molecule has 102 valence electrons. The maximum Gasteiger partial charge on any atom is 0.271 e. The second-order valence-electron chi connectivity index (χ2n) is 4.43. The van der Waals surface area contributed by atoms with Crippen LogP contribution in [0.2, 0.25) is 0 Å². The molecule has 1 heterocycles. The lowest BCUT2D eigenvalue weighted by Crippen LogP contribution is -2.46. The molecule has 0 aromatic heterocycles. The number of nitrogens with two attached hydrogens (primary N) is 1. The summed E-state index contributed by atoms with van der Waals surface area (Å²) in [6.07, 6.45) is 0. The zero-order valence-corrected chi connectivity index (χ0v) is 11.0. The van der Waals surface area contributed by atoms with Gasteiger partial charge in [0, 0.05) is 25.2 Å². The highest BCUT2D eigenvalue weighted by molar-refractivity contribution is 6.18. The van der Waals surface area contributed by atoms with Gasteiger partial charge in [0.2, 0.25) is 5.91 Å². The van der Waals surface area contributed by atoms with Crippen molar-refractivity contribution in [2.45, 2.75) is 6.92 Å². The van der Waals surface area contributed by atoms with E-state index in [-0.39, 0.29) is 25.0 Å². The van der Waals surface area contributed by atoms with Crippen molar-refractivity contribution in [3.8, 4) is 5.75 Å². The van der Waals surface area contributed by atoms with Gasteiger partial charge < -0.3 is 15.8 Å². The lowest BCUT2D eigenvalue weighted by atomic mass is 10.1. The Morgan fingerprint density at radius 1 is 1.58 bits per heavy atom. The molecule has 0 spiro atoms. The Kier molecular flexibility index (Phi) is 3.71. The third kappa shape index (κ3) is 2.39. The first-order valence-electron chi connectivity index (χ1n) is 6.10. The fraction of sp³-hybridized carbons (Fsp3) is 0.385. The summed E-state index contributed by atoms with van der Waals surface area (Å²) in [4.78, 5) is 25.4. The molecule has 6 nitrogen and oxygen atoms in total. The lowest BCUT2D eigenvalue weighted by Gasteiger charge is -2.29. The fourth-order valence-electron chi connectivity index (χ4n) is 1.87. The predicted octanol–water partition coefficient (Wildman–Crippen LogP) is 0.575. The van der Waals surface area contributed by atoms with Gasteiger partial charge in [0.25, 0.3) is 5.91 Å². The average molecular weight is 263 g/mol. The summed E-state index contributed by atoms with van der Waals surface area (Å²) in [6, 6.07) is 5.28. The van der Waals surface area contributed by atoms with Gasteiger partial charge in [-0.05, 0) is 18.2 Å². The van der Waals surface area contributed by atoms with E-state index in [4.69, 9.17) is 10.5 Å². The van der Waals surface area contributed by atoms with Crippen LogP contribution in [0.1, 0.15) is 6.92 Å². The van der Waals surface area contributed by atoms with E-state index in [0.29, 0.717) is 11.4 Å². The van der Waals surface area contributed by atoms with Crippen LogP contribution >= 0.6 is 0 Å². The smallest absolute Gasteiger partial charge is 0.271 e. The number of fused-ring (bicyclic) bond motifs is 1. The molecule has 3 N–H and O–H groups in total. The summed E-state index contributed by atoms with van der Waals surface area (Å²) in [5.74, 6) is -0.555. The molecule has 0 fully saturated rings. The number of ether oxygens (including phenoxy) is 1. The Balaban J connectivity index is 2.44. The molecule has 1 aliphatic rings. The van der Waals surface area contributed by atoms with Crippen molar-refractivity contribution in [1.82, 2.24) is 0 Å². The van der Waals surface area contributed by atoms with Crippen LogP contribution in [0.5, 0.6) is 5.75 Å². The number of hydrogen-bond donors (Lipinski definition) is 2. The molecule has 1 unspecified atom stereocenters. The molecule has 1 atom stereocenters. The van der Waals surface area contributed by atoms with Crippen LogP contribution in [0, 0.1) is 5.92 Å². The van der Waals surface area contributed by atoms with E-state index >= 15 is 0 Å². The van der Waals surface area contributed by atoms with Crippen LogP contribution in [-0.4, -0.2) is 32.0 Å². The highest BCUT2D eigenvalue weighted by Crippen LogP contribution is 2.35. The van der Waals surface area contributed by atoms with Crippen LogP contribution in [-0.2, 0) is 9.59 Å². The Labute approximate surface area is 111 Å². The van der Waals surface area contributed by atoms with Crippen molar-refractivity contribution < 1.29 is 14.3 Å². The van der Waals surface area contributed by atoms with E-state index in [1.54, 1.807) is 26.1 Å². The van der Waals surface area contributed by atoms with Crippen LogP contribution in [0.3, 0.4) is 0 Å². The van der Waals surface area contributed by atoms with Crippen molar-refractivity contribution in [3.63, 3.8) is 0 Å². The van der Waals surface area contributed by atoms with Gasteiger partial charge in [-0.1, -0.05) is 6.92 Å². The number of imide groups is 1. The molecule has 0 bridgehead atoms. The molecule has 2 rings (SSSR count). The summed E-state index contributed by atoms with van der Waals surface area (Å²) >= 11 is 0. The van der Waals surface area contributed by atoms with Gasteiger partial charge in [-0.25, -0.2) is 4.90 Å². The first-order chi connectivity index (χ1) is 9.08. The Hall–Kier alpha value is -2.08. The largest absolute Gasteiger partial charge is 0.482 e. The first kappa shape index (κ1) is 13.4. The number of rotatable bonds is 3. The third-order valence-corrected chi connectivity index (χ3v) is 3.08. The molecule has 19 heavy (non-hydrogen) atoms. The maximum atomic E-state index is 12.3. The number of benzene rings is 1. The van der Waals surface area contributed by atoms with E-state index < -0.39 is 5.92 Å². The summed E-state index contributed by atoms with van der Waals surface area (Å²) < 4.78 is 5.33. The topological polar surface area (TPSA) is 84.7 Å². The summed E-state index contributed by atoms with van der Waals surface area (Å²) in [5.41, 5.74) is 6.77. The minimum Gasteiger partial charge on any atom is -0.482 e. The lowest BCUT2D eigenvalue weighted by molar-refractivity contribution is -0.130. The van der Waals surface area contributed by atoms with Crippen molar-refractivity contribution in [2.24, 2.45) is 11.7 Å². The van der Waals surface area contributed by atoms with E-state index in [1.807, 2.05) is 6.07 Å². The summed E-state index contributed by atoms with van der Waals surface area (Å²) in [5, 5.41) is 2.97. The van der Waals surface area contributed by atoms with E-state index in [0.717, 1.165) is 10.6 Å². The molecule has 0 saturated heterocycles. The van der Waals surface area contributed by atoms with Gasteiger partial charge in [-0.15, -0.1) is 0 Å². The van der Waals surface area contributed by atoms with Crippen LogP contribution in [0.15, 0.2) is 18.2 Å². The van der Waals surface area contributed by atoms with E-state index in [2.05, 4.69) is 5.32 Å². The molecular formula is C13H17N3O3. The van der Waals surface area contributed by atoms with Crippen molar-refractivity contribution in [3.05, 3.63) is 18.2 Å². The van der Waals surface area contributed by atoms with Gasteiger partial charge in [0.1, 0.15) is 5.75 Å². The summed E-state index contributed by atoms with van der Waals surface area (Å²) in [6.45, 7) is 1.77. The van der Waals surface area contributed by atoms with Crippen LogP contribution in [0.4, 0.5) is 11.4 Å². The van der Waals surface area contributed by atoms with E-state index in [9.17, 15) is 9.59 Å². The molecule has 0 saturated carbocycles. The molecule has 1 aromatic rings. The second kappa shape index (κ2) is 5.27. The zero-order chi connectivity index (χ0) is 14.0. The van der Waals surface area contributed by atoms with Crippen molar-refractivity contribution in [2.75, 3.05) is 30.4 Å².